The number of hydrogen-bond acceptors (Lipinski definition) is 4. The largest absolute Gasteiger partial charge is 0.496 e. The highest BCUT2D eigenvalue weighted by molar-refractivity contribution is 7.12. The Morgan fingerprint density at radius 3 is 2.78 bits per heavy atom. The summed E-state index contributed by atoms with van der Waals surface area (Å²) in [6.07, 6.45) is 0.497. The van der Waals surface area contributed by atoms with Crippen molar-refractivity contribution < 1.29 is 19.4 Å². The number of carboxylic acid groups (broad SMARTS) is 1. The molecule has 0 saturated carbocycles. The number of rotatable bonds is 3. The van der Waals surface area contributed by atoms with Crippen LogP contribution in [0, 0.1) is 5.41 Å². The maximum atomic E-state index is 12.2. The van der Waals surface area contributed by atoms with Crippen LogP contribution in [-0.4, -0.2) is 42.1 Å². The molecule has 0 aromatic carbocycles. The van der Waals surface area contributed by atoms with Crippen LogP contribution in [0.5, 0.6) is 5.75 Å². The molecule has 18 heavy (non-hydrogen) atoms. The molecule has 0 bridgehead atoms. The van der Waals surface area contributed by atoms with Crippen LogP contribution in [0.4, 0.5) is 0 Å². The van der Waals surface area contributed by atoms with E-state index in [1.54, 1.807) is 30.4 Å². The van der Waals surface area contributed by atoms with Gasteiger partial charge in [0.1, 0.15) is 5.75 Å². The summed E-state index contributed by atoms with van der Waals surface area (Å²) in [6.45, 7) is 2.43. The van der Waals surface area contributed by atoms with E-state index in [0.717, 1.165) is 0 Å². The number of aliphatic carboxylic acids is 1. The number of nitrogens with zero attached hydrogens (tertiary/aromatic N) is 1. The highest BCUT2D eigenvalue weighted by Crippen LogP contribution is 2.32. The molecule has 1 aromatic heterocycles. The van der Waals surface area contributed by atoms with Gasteiger partial charge in [-0.05, 0) is 13.3 Å². The van der Waals surface area contributed by atoms with Gasteiger partial charge in [-0.25, -0.2) is 0 Å². The molecule has 1 aliphatic rings. The van der Waals surface area contributed by atoms with Gasteiger partial charge >= 0.3 is 5.97 Å². The molecule has 0 aliphatic carbocycles. The molecule has 1 fully saturated rings. The van der Waals surface area contributed by atoms with E-state index in [2.05, 4.69) is 0 Å². The molecule has 2 heterocycles. The van der Waals surface area contributed by atoms with Gasteiger partial charge in [-0.3, -0.25) is 9.59 Å². The van der Waals surface area contributed by atoms with Crippen LogP contribution >= 0.6 is 11.3 Å². The van der Waals surface area contributed by atoms with E-state index in [0.29, 0.717) is 23.6 Å². The lowest BCUT2D eigenvalue weighted by atomic mass is 9.90. The summed E-state index contributed by atoms with van der Waals surface area (Å²) in [4.78, 5) is 25.5. The maximum absolute atomic E-state index is 12.2. The predicted octanol–water partition coefficient (Wildman–Crippen LogP) is 1.69. The van der Waals surface area contributed by atoms with Crippen LogP contribution in [0.15, 0.2) is 11.4 Å². The molecule has 0 spiro atoms. The molecule has 6 heteroatoms. The third-order valence-corrected chi connectivity index (χ3v) is 4.20. The monoisotopic (exact) mass is 269 g/mol. The summed E-state index contributed by atoms with van der Waals surface area (Å²) in [5.41, 5.74) is -0.822. The quantitative estimate of drug-likeness (QED) is 0.906. The lowest BCUT2D eigenvalue weighted by molar-refractivity contribution is -0.147. The predicted molar refractivity (Wildman–Crippen MR) is 67.1 cm³/mol. The summed E-state index contributed by atoms with van der Waals surface area (Å²) in [7, 11) is 1.55. The number of carbonyl (C=O) groups excluding carboxylic acids is 1. The molecule has 1 atom stereocenters. The first-order chi connectivity index (χ1) is 8.46. The molecule has 0 radical (unpaired) electrons. The SMILES string of the molecule is COc1csc(C(=O)N2CC[C@](C)(C(=O)O)C2)c1. The number of ether oxygens (including phenoxy) is 1. The Labute approximate surface area is 109 Å². The van der Waals surface area contributed by atoms with Crippen molar-refractivity contribution in [2.45, 2.75) is 13.3 Å². The Morgan fingerprint density at radius 2 is 2.28 bits per heavy atom. The normalized spacial score (nSPS) is 23.1. The number of amides is 1. The molecular weight excluding hydrogens is 254 g/mol. The fourth-order valence-electron chi connectivity index (χ4n) is 2.00. The average Bonchev–Trinajstić information content (AvgIpc) is 2.95. The van der Waals surface area contributed by atoms with Crippen LogP contribution in [0.3, 0.4) is 0 Å². The van der Waals surface area contributed by atoms with Crippen LogP contribution in [0.2, 0.25) is 0 Å². The van der Waals surface area contributed by atoms with Crippen molar-refractivity contribution in [1.82, 2.24) is 4.90 Å². The number of methoxy groups -OCH3 is 1. The van der Waals surface area contributed by atoms with E-state index in [1.807, 2.05) is 0 Å². The second kappa shape index (κ2) is 4.61. The van der Waals surface area contributed by atoms with Gasteiger partial charge < -0.3 is 14.7 Å². The van der Waals surface area contributed by atoms with Gasteiger partial charge in [-0.2, -0.15) is 0 Å². The van der Waals surface area contributed by atoms with Gasteiger partial charge in [0.15, 0.2) is 0 Å². The molecule has 1 aromatic rings. The van der Waals surface area contributed by atoms with Gasteiger partial charge in [0.25, 0.3) is 5.91 Å². The zero-order chi connectivity index (χ0) is 13.3. The van der Waals surface area contributed by atoms with Crippen molar-refractivity contribution >= 4 is 23.2 Å². The molecule has 98 valence electrons. The van der Waals surface area contributed by atoms with Gasteiger partial charge in [0, 0.05) is 24.5 Å². The highest BCUT2D eigenvalue weighted by atomic mass is 32.1. The average molecular weight is 269 g/mol. The molecule has 5 nitrogen and oxygen atoms in total. The van der Waals surface area contributed by atoms with E-state index in [-0.39, 0.29) is 12.5 Å². The minimum absolute atomic E-state index is 0.117. The standard InChI is InChI=1S/C12H15NO4S/c1-12(11(15)16)3-4-13(7-12)10(14)9-5-8(17-2)6-18-9/h5-6H,3-4,7H2,1-2H3,(H,15,16)/t12-/m0/s1. The van der Waals surface area contributed by atoms with E-state index in [4.69, 9.17) is 9.84 Å². The molecule has 1 N–H and O–H groups in total. The van der Waals surface area contributed by atoms with E-state index >= 15 is 0 Å². The zero-order valence-corrected chi connectivity index (χ0v) is 11.1. The Balaban J connectivity index is 2.10. The number of likely N-dealkylation sites (tertiary alicyclic amines) is 1. The van der Waals surface area contributed by atoms with E-state index < -0.39 is 11.4 Å². The van der Waals surface area contributed by atoms with E-state index in [9.17, 15) is 9.59 Å². The topological polar surface area (TPSA) is 66.8 Å². The van der Waals surface area contributed by atoms with Gasteiger partial charge in [0.2, 0.25) is 0 Å². The number of carboxylic acids is 1. The molecule has 2 rings (SSSR count). The first-order valence-corrected chi connectivity index (χ1v) is 6.49. The fourth-order valence-corrected chi connectivity index (χ4v) is 2.82. The summed E-state index contributed by atoms with van der Waals surface area (Å²) in [5.74, 6) is -0.307. The highest BCUT2D eigenvalue weighted by Gasteiger charge is 2.42. The Bertz CT molecular complexity index is 484. The first kappa shape index (κ1) is 12.9. The van der Waals surface area contributed by atoms with Crippen molar-refractivity contribution in [1.29, 1.82) is 0 Å². The molecule has 0 unspecified atom stereocenters. The first-order valence-electron chi connectivity index (χ1n) is 5.61. The van der Waals surface area contributed by atoms with Crippen LogP contribution in [-0.2, 0) is 4.79 Å². The molecular formula is C12H15NO4S. The van der Waals surface area contributed by atoms with Crippen molar-refractivity contribution in [3.8, 4) is 5.75 Å². The van der Waals surface area contributed by atoms with Gasteiger partial charge in [-0.15, -0.1) is 11.3 Å². The van der Waals surface area contributed by atoms with Crippen LogP contribution in [0.25, 0.3) is 0 Å². The molecule has 1 saturated heterocycles. The molecule has 1 amide bonds. The second-order valence-electron chi connectivity index (χ2n) is 4.69. The zero-order valence-electron chi connectivity index (χ0n) is 10.3. The number of hydrogen-bond donors (Lipinski definition) is 1. The summed E-state index contributed by atoms with van der Waals surface area (Å²) in [6, 6.07) is 1.68. The Kier molecular flexibility index (Phi) is 3.30. The number of thiophene rings is 1. The third kappa shape index (κ3) is 2.20. The molecule has 1 aliphatic heterocycles. The third-order valence-electron chi connectivity index (χ3n) is 3.30. The van der Waals surface area contributed by atoms with Crippen molar-refractivity contribution in [3.05, 3.63) is 16.3 Å². The van der Waals surface area contributed by atoms with Crippen LogP contribution < -0.4 is 4.74 Å². The van der Waals surface area contributed by atoms with Gasteiger partial charge in [0.05, 0.1) is 17.4 Å². The summed E-state index contributed by atoms with van der Waals surface area (Å²) < 4.78 is 5.03. The van der Waals surface area contributed by atoms with Crippen molar-refractivity contribution in [3.63, 3.8) is 0 Å². The summed E-state index contributed by atoms with van der Waals surface area (Å²) >= 11 is 1.31. The minimum Gasteiger partial charge on any atom is -0.496 e. The van der Waals surface area contributed by atoms with Crippen molar-refractivity contribution in [2.24, 2.45) is 5.41 Å². The Morgan fingerprint density at radius 1 is 1.56 bits per heavy atom. The Hall–Kier alpha value is -1.56. The van der Waals surface area contributed by atoms with Crippen molar-refractivity contribution in [2.75, 3.05) is 20.2 Å². The minimum atomic E-state index is -0.846. The lowest BCUT2D eigenvalue weighted by Crippen LogP contribution is -2.34. The lowest BCUT2D eigenvalue weighted by Gasteiger charge is -2.19. The van der Waals surface area contributed by atoms with Gasteiger partial charge in [-0.1, -0.05) is 0 Å². The smallest absolute Gasteiger partial charge is 0.311 e. The fraction of sp³-hybridized carbons (Fsp3) is 0.500. The van der Waals surface area contributed by atoms with E-state index in [1.165, 1.54) is 11.3 Å². The van der Waals surface area contributed by atoms with Crippen LogP contribution in [0.1, 0.15) is 23.0 Å². The summed E-state index contributed by atoms with van der Waals surface area (Å²) in [5, 5.41) is 10.9. The maximum Gasteiger partial charge on any atom is 0.311 e. The second-order valence-corrected chi connectivity index (χ2v) is 5.60. The number of carbonyl (C=O) groups is 2.